The van der Waals surface area contributed by atoms with Crippen molar-refractivity contribution in [1.82, 2.24) is 10.2 Å². The lowest BCUT2D eigenvalue weighted by Gasteiger charge is -2.04. The maximum atomic E-state index is 12.1. The lowest BCUT2D eigenvalue weighted by molar-refractivity contribution is 0.102. The van der Waals surface area contributed by atoms with E-state index in [0.29, 0.717) is 23.0 Å². The van der Waals surface area contributed by atoms with Crippen LogP contribution in [0, 0.1) is 6.92 Å². The summed E-state index contributed by atoms with van der Waals surface area (Å²) in [7, 11) is 0. The highest BCUT2D eigenvalue weighted by Crippen LogP contribution is 2.16. The third-order valence-corrected chi connectivity index (χ3v) is 2.82. The lowest BCUT2D eigenvalue weighted by Crippen LogP contribution is -2.12. The van der Waals surface area contributed by atoms with E-state index >= 15 is 0 Å². The summed E-state index contributed by atoms with van der Waals surface area (Å²) in [5.41, 5.74) is 8.78. The lowest BCUT2D eigenvalue weighted by atomic mass is 10.1. The Labute approximate surface area is 112 Å². The molecule has 5 nitrogen and oxygen atoms in total. The van der Waals surface area contributed by atoms with Crippen molar-refractivity contribution >= 4 is 17.4 Å². The number of anilines is 2. The molecule has 0 saturated heterocycles. The molecule has 0 spiro atoms. The van der Waals surface area contributed by atoms with Crippen molar-refractivity contribution in [3.05, 3.63) is 41.1 Å². The van der Waals surface area contributed by atoms with Crippen LogP contribution in [0.15, 0.2) is 24.3 Å². The van der Waals surface area contributed by atoms with E-state index in [4.69, 9.17) is 5.73 Å². The van der Waals surface area contributed by atoms with Crippen LogP contribution < -0.4 is 11.1 Å². The predicted octanol–water partition coefficient (Wildman–Crippen LogP) is 2.68. The Morgan fingerprint density at radius 1 is 1.32 bits per heavy atom. The second-order valence-electron chi connectivity index (χ2n) is 4.95. The molecule has 1 amide bonds. The Bertz CT molecular complexity index is 581. The van der Waals surface area contributed by atoms with Crippen molar-refractivity contribution in [2.75, 3.05) is 11.1 Å². The van der Waals surface area contributed by atoms with Crippen molar-refractivity contribution < 1.29 is 4.79 Å². The van der Waals surface area contributed by atoms with Crippen molar-refractivity contribution in [3.63, 3.8) is 0 Å². The van der Waals surface area contributed by atoms with Gasteiger partial charge in [-0.2, -0.15) is 5.10 Å². The zero-order valence-corrected chi connectivity index (χ0v) is 11.3. The number of nitrogen functional groups attached to an aromatic ring is 1. The van der Waals surface area contributed by atoms with Crippen molar-refractivity contribution in [2.24, 2.45) is 0 Å². The van der Waals surface area contributed by atoms with Crippen molar-refractivity contribution in [1.29, 1.82) is 0 Å². The van der Waals surface area contributed by atoms with Crippen LogP contribution in [0.4, 0.5) is 11.5 Å². The van der Waals surface area contributed by atoms with Crippen LogP contribution >= 0.6 is 0 Å². The highest BCUT2D eigenvalue weighted by molar-refractivity contribution is 6.04. The molecule has 19 heavy (non-hydrogen) atoms. The normalized spacial score (nSPS) is 10.7. The maximum absolute atomic E-state index is 12.1. The van der Waals surface area contributed by atoms with Gasteiger partial charge in [-0.3, -0.25) is 9.89 Å². The first-order valence-corrected chi connectivity index (χ1v) is 6.19. The number of aromatic amines is 1. The summed E-state index contributed by atoms with van der Waals surface area (Å²) in [6.45, 7) is 6.01. The molecule has 0 saturated carbocycles. The molecule has 0 aliphatic heterocycles. The van der Waals surface area contributed by atoms with Crippen molar-refractivity contribution in [2.45, 2.75) is 26.7 Å². The summed E-state index contributed by atoms with van der Waals surface area (Å²) in [5.74, 6) is 0.652. The highest BCUT2D eigenvalue weighted by atomic mass is 16.1. The minimum absolute atomic E-state index is 0.211. The van der Waals surface area contributed by atoms with Gasteiger partial charge in [0.05, 0.1) is 0 Å². The molecule has 0 aliphatic rings. The Hall–Kier alpha value is -2.30. The number of rotatable bonds is 3. The average Bonchev–Trinajstić information content (AvgIpc) is 2.76. The largest absolute Gasteiger partial charge is 0.399 e. The van der Waals surface area contributed by atoms with E-state index in [-0.39, 0.29) is 5.91 Å². The van der Waals surface area contributed by atoms with E-state index < -0.39 is 0 Å². The van der Waals surface area contributed by atoms with Crippen LogP contribution in [0.2, 0.25) is 0 Å². The third-order valence-electron chi connectivity index (χ3n) is 2.82. The highest BCUT2D eigenvalue weighted by Gasteiger charge is 2.10. The number of H-pyrrole nitrogens is 1. The molecule has 0 fully saturated rings. The number of hydrogen-bond donors (Lipinski definition) is 3. The Balaban J connectivity index is 2.15. The number of aryl methyl sites for hydroxylation is 1. The molecule has 1 heterocycles. The van der Waals surface area contributed by atoms with Gasteiger partial charge in [-0.15, -0.1) is 0 Å². The van der Waals surface area contributed by atoms with Gasteiger partial charge in [-0.1, -0.05) is 13.8 Å². The number of nitrogens with zero attached hydrogens (tertiary/aromatic N) is 1. The fourth-order valence-electron chi connectivity index (χ4n) is 1.83. The average molecular weight is 258 g/mol. The van der Waals surface area contributed by atoms with Gasteiger partial charge in [-0.25, -0.2) is 0 Å². The number of nitrogens with two attached hydrogens (primary N) is 1. The van der Waals surface area contributed by atoms with Gasteiger partial charge in [0.2, 0.25) is 0 Å². The monoisotopic (exact) mass is 258 g/mol. The maximum Gasteiger partial charge on any atom is 0.256 e. The number of carbonyl (C=O) groups excluding carboxylic acids is 1. The molecule has 2 rings (SSSR count). The van der Waals surface area contributed by atoms with E-state index in [9.17, 15) is 4.79 Å². The molecule has 2 aromatic rings. The molecule has 0 aliphatic carbocycles. The molecule has 1 aromatic carbocycles. The number of amides is 1. The van der Waals surface area contributed by atoms with Crippen LogP contribution in [0.3, 0.4) is 0 Å². The topological polar surface area (TPSA) is 83.8 Å². The van der Waals surface area contributed by atoms with E-state index in [1.165, 1.54) is 0 Å². The standard InChI is InChI=1S/C14H18N4O/c1-8(2)12-7-13(18-17-12)16-14(19)10-4-9(3)5-11(15)6-10/h4-8H,15H2,1-3H3,(H2,16,17,18,19). The van der Waals surface area contributed by atoms with Gasteiger partial charge >= 0.3 is 0 Å². The van der Waals surface area contributed by atoms with Crippen LogP contribution in [0.5, 0.6) is 0 Å². The van der Waals surface area contributed by atoms with E-state index in [1.807, 2.05) is 19.1 Å². The predicted molar refractivity (Wildman–Crippen MR) is 76.2 cm³/mol. The van der Waals surface area contributed by atoms with Crippen LogP contribution in [0.25, 0.3) is 0 Å². The molecule has 5 heteroatoms. The molecule has 100 valence electrons. The molecular formula is C14H18N4O. The van der Waals surface area contributed by atoms with Gasteiger partial charge in [0.15, 0.2) is 5.82 Å². The first-order chi connectivity index (χ1) is 8.95. The first kappa shape index (κ1) is 13.1. The quantitative estimate of drug-likeness (QED) is 0.740. The summed E-state index contributed by atoms with van der Waals surface area (Å²) in [6, 6.07) is 7.10. The Morgan fingerprint density at radius 2 is 2.05 bits per heavy atom. The Kier molecular flexibility index (Phi) is 3.55. The number of carbonyl (C=O) groups is 1. The molecule has 0 radical (unpaired) electrons. The summed E-state index contributed by atoms with van der Waals surface area (Å²) in [5, 5.41) is 9.71. The zero-order chi connectivity index (χ0) is 14.0. The molecule has 4 N–H and O–H groups in total. The SMILES string of the molecule is Cc1cc(N)cc(C(=O)Nc2cc(C(C)C)[nH]n2)c1. The molecule has 0 unspecified atom stereocenters. The molecule has 0 bridgehead atoms. The summed E-state index contributed by atoms with van der Waals surface area (Å²) in [6.07, 6.45) is 0. The number of hydrogen-bond acceptors (Lipinski definition) is 3. The van der Waals surface area contributed by atoms with Gasteiger partial charge in [0.1, 0.15) is 0 Å². The second-order valence-corrected chi connectivity index (χ2v) is 4.95. The van der Waals surface area contributed by atoms with Crippen LogP contribution in [-0.2, 0) is 0 Å². The van der Waals surface area contributed by atoms with Gasteiger partial charge in [-0.05, 0) is 36.6 Å². The van der Waals surface area contributed by atoms with Crippen LogP contribution in [0.1, 0.15) is 41.4 Å². The van der Waals surface area contributed by atoms with E-state index in [1.54, 1.807) is 12.1 Å². The Morgan fingerprint density at radius 3 is 2.63 bits per heavy atom. The molecular weight excluding hydrogens is 240 g/mol. The minimum Gasteiger partial charge on any atom is -0.399 e. The van der Waals surface area contributed by atoms with Gasteiger partial charge in [0.25, 0.3) is 5.91 Å². The second kappa shape index (κ2) is 5.14. The number of aromatic nitrogens is 2. The fraction of sp³-hybridized carbons (Fsp3) is 0.286. The van der Waals surface area contributed by atoms with Crippen molar-refractivity contribution in [3.8, 4) is 0 Å². The smallest absolute Gasteiger partial charge is 0.256 e. The van der Waals surface area contributed by atoms with Gasteiger partial charge < -0.3 is 11.1 Å². The number of benzene rings is 1. The first-order valence-electron chi connectivity index (χ1n) is 6.19. The summed E-state index contributed by atoms with van der Waals surface area (Å²) >= 11 is 0. The zero-order valence-electron chi connectivity index (χ0n) is 11.3. The molecule has 1 aromatic heterocycles. The summed E-state index contributed by atoms with van der Waals surface area (Å²) in [4.78, 5) is 12.1. The van der Waals surface area contributed by atoms with Gasteiger partial charge in [0, 0.05) is 23.0 Å². The van der Waals surface area contributed by atoms with Crippen LogP contribution in [-0.4, -0.2) is 16.1 Å². The summed E-state index contributed by atoms with van der Waals surface area (Å²) < 4.78 is 0. The number of nitrogens with one attached hydrogen (secondary N) is 2. The van der Waals surface area contributed by atoms with E-state index in [2.05, 4.69) is 29.4 Å². The molecule has 0 atom stereocenters. The minimum atomic E-state index is -0.211. The fourth-order valence-corrected chi connectivity index (χ4v) is 1.83. The van der Waals surface area contributed by atoms with E-state index in [0.717, 1.165) is 11.3 Å². The third kappa shape index (κ3) is 3.13.